The number of benzene rings is 2. The third kappa shape index (κ3) is 6.59. The molecule has 9 heteroatoms. The molecule has 0 bridgehead atoms. The molecule has 166 valence electrons. The number of carbonyl (C=O) groups is 3. The Bertz CT molecular complexity index is 1110. The number of hydrogen-bond donors (Lipinski definition) is 2. The van der Waals surface area contributed by atoms with Crippen molar-refractivity contribution in [2.45, 2.75) is 18.2 Å². The highest BCUT2D eigenvalue weighted by Crippen LogP contribution is 2.31. The highest BCUT2D eigenvalue weighted by Gasteiger charge is 2.19. The predicted octanol–water partition coefficient (Wildman–Crippen LogP) is 5.39. The molecule has 0 saturated heterocycles. The van der Waals surface area contributed by atoms with E-state index in [0.29, 0.717) is 26.9 Å². The zero-order valence-corrected chi connectivity index (χ0v) is 19.5. The molecule has 3 rings (SSSR count). The van der Waals surface area contributed by atoms with Crippen LogP contribution in [0, 0.1) is 0 Å². The van der Waals surface area contributed by atoms with E-state index in [4.69, 9.17) is 21.4 Å². The number of rotatable bonds is 10. The number of halogens is 1. The molecule has 1 aromatic heterocycles. The first-order chi connectivity index (χ1) is 15.4. The maximum absolute atomic E-state index is 13.0. The molecule has 0 aliphatic carbocycles. The van der Waals surface area contributed by atoms with Gasteiger partial charge in [-0.15, -0.1) is 23.1 Å². The van der Waals surface area contributed by atoms with Crippen molar-refractivity contribution in [3.8, 4) is 5.75 Å². The Labute approximate surface area is 198 Å². The van der Waals surface area contributed by atoms with Crippen molar-refractivity contribution in [1.82, 2.24) is 0 Å². The van der Waals surface area contributed by atoms with E-state index in [1.807, 2.05) is 13.0 Å². The van der Waals surface area contributed by atoms with Gasteiger partial charge in [-0.1, -0.05) is 18.5 Å². The number of carboxylic acids is 1. The monoisotopic (exact) mass is 489 g/mol. The van der Waals surface area contributed by atoms with Crippen LogP contribution in [0.25, 0.3) is 0 Å². The lowest BCUT2D eigenvalue weighted by Gasteiger charge is -2.07. The van der Waals surface area contributed by atoms with Gasteiger partial charge in [-0.2, -0.15) is 0 Å². The lowest BCUT2D eigenvalue weighted by molar-refractivity contribution is -0.139. The molecule has 3 aromatic rings. The number of thiophene rings is 1. The zero-order chi connectivity index (χ0) is 23.1. The summed E-state index contributed by atoms with van der Waals surface area (Å²) in [5, 5.41) is 12.6. The van der Waals surface area contributed by atoms with Crippen LogP contribution in [0.4, 0.5) is 5.00 Å². The van der Waals surface area contributed by atoms with Gasteiger partial charge in [0.25, 0.3) is 0 Å². The van der Waals surface area contributed by atoms with Crippen molar-refractivity contribution < 1.29 is 24.2 Å². The van der Waals surface area contributed by atoms with Crippen LogP contribution in [-0.4, -0.2) is 35.1 Å². The minimum absolute atomic E-state index is 0.156. The molecular formula is C23H20ClNO5S2. The van der Waals surface area contributed by atoms with Crippen LogP contribution >= 0.6 is 34.7 Å². The van der Waals surface area contributed by atoms with Crippen LogP contribution in [0.3, 0.4) is 0 Å². The number of carbonyl (C=O) groups excluding carboxylic acids is 2. The summed E-state index contributed by atoms with van der Waals surface area (Å²) in [5.74, 6) is -0.844. The third-order valence-corrected chi connectivity index (χ3v) is 6.75. The highest BCUT2D eigenvalue weighted by molar-refractivity contribution is 8.00. The summed E-state index contributed by atoms with van der Waals surface area (Å²) < 4.78 is 5.09. The zero-order valence-electron chi connectivity index (χ0n) is 17.1. The van der Waals surface area contributed by atoms with E-state index < -0.39 is 12.6 Å². The fraction of sp³-hybridized carbons (Fsp3) is 0.174. The number of aryl methyl sites for hydroxylation is 1. The van der Waals surface area contributed by atoms with E-state index in [1.54, 1.807) is 48.5 Å². The summed E-state index contributed by atoms with van der Waals surface area (Å²) in [6.07, 6.45) is 0.756. The van der Waals surface area contributed by atoms with Crippen LogP contribution < -0.4 is 10.1 Å². The lowest BCUT2D eigenvalue weighted by Crippen LogP contribution is -2.15. The van der Waals surface area contributed by atoms with Gasteiger partial charge in [-0.25, -0.2) is 4.79 Å². The smallest absolute Gasteiger partial charge is 0.341 e. The normalized spacial score (nSPS) is 10.6. The first-order valence-electron chi connectivity index (χ1n) is 9.66. The average Bonchev–Trinajstić information content (AvgIpc) is 3.19. The van der Waals surface area contributed by atoms with Crippen molar-refractivity contribution in [3.05, 3.63) is 75.6 Å². The van der Waals surface area contributed by atoms with E-state index in [2.05, 4.69) is 5.32 Å². The number of ether oxygens (including phenoxy) is 1. The average molecular weight is 490 g/mol. The molecule has 2 aromatic carbocycles. The molecule has 0 aliphatic rings. The summed E-state index contributed by atoms with van der Waals surface area (Å²) >= 11 is 8.63. The maximum atomic E-state index is 13.0. The number of carboxylic acid groups (broad SMARTS) is 1. The summed E-state index contributed by atoms with van der Waals surface area (Å²) in [4.78, 5) is 37.9. The number of nitrogens with one attached hydrogen (secondary N) is 1. The van der Waals surface area contributed by atoms with Crippen LogP contribution in [0.5, 0.6) is 5.75 Å². The number of amides is 1. The molecule has 0 spiro atoms. The molecule has 0 unspecified atom stereocenters. The Kier molecular flexibility index (Phi) is 8.33. The molecule has 1 heterocycles. The Morgan fingerprint density at radius 1 is 1.09 bits per heavy atom. The molecule has 32 heavy (non-hydrogen) atoms. The predicted molar refractivity (Wildman–Crippen MR) is 128 cm³/mol. The molecule has 2 N–H and O–H groups in total. The van der Waals surface area contributed by atoms with E-state index in [0.717, 1.165) is 16.2 Å². The van der Waals surface area contributed by atoms with Gasteiger partial charge in [0, 0.05) is 20.4 Å². The molecule has 6 nitrogen and oxygen atoms in total. The summed E-state index contributed by atoms with van der Waals surface area (Å²) in [6.45, 7) is 1.58. The van der Waals surface area contributed by atoms with Crippen LogP contribution in [0.1, 0.15) is 27.7 Å². The quantitative estimate of drug-likeness (QED) is 0.293. The fourth-order valence-corrected chi connectivity index (χ4v) is 4.56. The van der Waals surface area contributed by atoms with Gasteiger partial charge >= 0.3 is 5.97 Å². The van der Waals surface area contributed by atoms with Gasteiger partial charge in [0.2, 0.25) is 5.91 Å². The second-order valence-corrected chi connectivity index (χ2v) is 9.26. The van der Waals surface area contributed by atoms with E-state index >= 15 is 0 Å². The Morgan fingerprint density at radius 3 is 2.41 bits per heavy atom. The first kappa shape index (κ1) is 23.8. The number of aliphatic carboxylic acids is 1. The Balaban J connectivity index is 1.63. The Hall–Kier alpha value is -2.81. The van der Waals surface area contributed by atoms with Crippen molar-refractivity contribution in [2.24, 2.45) is 0 Å². The molecule has 0 radical (unpaired) electrons. The van der Waals surface area contributed by atoms with E-state index in [1.165, 1.54) is 23.1 Å². The summed E-state index contributed by atoms with van der Waals surface area (Å²) in [5.41, 5.74) is 0.970. The maximum Gasteiger partial charge on any atom is 0.341 e. The molecule has 0 fully saturated rings. The fourth-order valence-electron chi connectivity index (χ4n) is 2.72. The summed E-state index contributed by atoms with van der Waals surface area (Å²) in [7, 11) is 0. The number of thioether (sulfide) groups is 1. The molecule has 0 aliphatic heterocycles. The summed E-state index contributed by atoms with van der Waals surface area (Å²) in [6, 6.07) is 15.3. The van der Waals surface area contributed by atoms with Gasteiger partial charge in [-0.3, -0.25) is 9.59 Å². The van der Waals surface area contributed by atoms with Gasteiger partial charge in [-0.05, 0) is 61.0 Å². The second kappa shape index (κ2) is 11.2. The van der Waals surface area contributed by atoms with Crippen LogP contribution in [0.2, 0.25) is 5.02 Å². The van der Waals surface area contributed by atoms with Crippen molar-refractivity contribution in [2.75, 3.05) is 17.7 Å². The topological polar surface area (TPSA) is 92.7 Å². The van der Waals surface area contributed by atoms with Crippen LogP contribution in [0.15, 0.2) is 59.5 Å². The molecule has 0 saturated carbocycles. The van der Waals surface area contributed by atoms with Gasteiger partial charge in [0.1, 0.15) is 10.8 Å². The first-order valence-corrected chi connectivity index (χ1v) is 11.8. The highest BCUT2D eigenvalue weighted by atomic mass is 35.5. The van der Waals surface area contributed by atoms with E-state index in [9.17, 15) is 14.4 Å². The molecule has 1 amide bonds. The number of ketones is 1. The molecule has 0 atom stereocenters. The standard InChI is InChI=1S/C23H20ClNO5S2/c1-2-17-11-19(22(29)14-3-5-15(24)6-4-14)23(32-17)25-20(26)13-31-18-9-7-16(8-10-18)30-12-21(27)28/h3-11H,2,12-13H2,1H3,(H,25,26)(H,27,28). The van der Waals surface area contributed by atoms with Crippen molar-refractivity contribution >= 4 is 57.4 Å². The number of hydrogen-bond acceptors (Lipinski definition) is 6. The number of anilines is 1. The van der Waals surface area contributed by atoms with Crippen molar-refractivity contribution in [1.29, 1.82) is 0 Å². The van der Waals surface area contributed by atoms with Gasteiger partial charge in [0.15, 0.2) is 12.4 Å². The molecular weight excluding hydrogens is 470 g/mol. The minimum Gasteiger partial charge on any atom is -0.482 e. The third-order valence-electron chi connectivity index (χ3n) is 4.29. The SMILES string of the molecule is CCc1cc(C(=O)c2ccc(Cl)cc2)c(NC(=O)CSc2ccc(OCC(=O)O)cc2)s1. The van der Waals surface area contributed by atoms with Crippen LogP contribution in [-0.2, 0) is 16.0 Å². The van der Waals surface area contributed by atoms with E-state index in [-0.39, 0.29) is 17.4 Å². The minimum atomic E-state index is -1.05. The van der Waals surface area contributed by atoms with Crippen molar-refractivity contribution in [3.63, 3.8) is 0 Å². The van der Waals surface area contributed by atoms with Gasteiger partial charge < -0.3 is 15.2 Å². The van der Waals surface area contributed by atoms with Gasteiger partial charge in [0.05, 0.1) is 11.3 Å². The second-order valence-electron chi connectivity index (χ2n) is 6.64. The Morgan fingerprint density at radius 2 is 1.78 bits per heavy atom. The largest absolute Gasteiger partial charge is 0.482 e. The lowest BCUT2D eigenvalue weighted by atomic mass is 10.0.